The van der Waals surface area contributed by atoms with Crippen molar-refractivity contribution < 1.29 is 9.47 Å². The van der Waals surface area contributed by atoms with E-state index in [4.69, 9.17) is 21.1 Å². The number of hydrogen-bond donors (Lipinski definition) is 2. The van der Waals surface area contributed by atoms with Crippen LogP contribution >= 0.6 is 35.6 Å². The van der Waals surface area contributed by atoms with E-state index in [0.717, 1.165) is 68.5 Å². The van der Waals surface area contributed by atoms with Crippen molar-refractivity contribution in [3.8, 4) is 0 Å². The summed E-state index contributed by atoms with van der Waals surface area (Å²) in [7, 11) is 1.78. The third-order valence-corrected chi connectivity index (χ3v) is 4.32. The number of nitrogens with zero attached hydrogens (tertiary/aromatic N) is 1. The van der Waals surface area contributed by atoms with Crippen molar-refractivity contribution >= 4 is 41.5 Å². The van der Waals surface area contributed by atoms with Gasteiger partial charge in [0.1, 0.15) is 0 Å². The lowest BCUT2D eigenvalue weighted by atomic mass is 10.1. The maximum atomic E-state index is 6.16. The van der Waals surface area contributed by atoms with Gasteiger partial charge in [-0.05, 0) is 37.3 Å². The van der Waals surface area contributed by atoms with Crippen LogP contribution in [-0.4, -0.2) is 52.0 Å². The number of guanidine groups is 1. The Kier molecular flexibility index (Phi) is 12.2. The van der Waals surface area contributed by atoms with E-state index in [2.05, 4.69) is 15.6 Å². The Morgan fingerprint density at radius 1 is 1.32 bits per heavy atom. The highest BCUT2D eigenvalue weighted by molar-refractivity contribution is 14.0. The quantitative estimate of drug-likeness (QED) is 0.246. The van der Waals surface area contributed by atoms with Gasteiger partial charge in [-0.1, -0.05) is 29.8 Å². The van der Waals surface area contributed by atoms with Gasteiger partial charge in [0, 0.05) is 38.4 Å². The molecule has 0 radical (unpaired) electrons. The fraction of sp³-hybridized carbons (Fsp3) is 0.611. The van der Waals surface area contributed by atoms with Crippen LogP contribution in [0.5, 0.6) is 0 Å². The summed E-state index contributed by atoms with van der Waals surface area (Å²) in [5.74, 6) is 0.807. The molecule has 0 saturated carbocycles. The first-order valence-electron chi connectivity index (χ1n) is 8.67. The minimum Gasteiger partial charge on any atom is -0.379 e. The van der Waals surface area contributed by atoms with E-state index in [9.17, 15) is 0 Å². The first-order chi connectivity index (χ1) is 11.8. The Bertz CT molecular complexity index is 511. The Labute approximate surface area is 172 Å². The van der Waals surface area contributed by atoms with Crippen molar-refractivity contribution in [2.45, 2.75) is 31.8 Å². The largest absolute Gasteiger partial charge is 0.379 e. The van der Waals surface area contributed by atoms with E-state index in [1.54, 1.807) is 7.05 Å². The number of ether oxygens (including phenoxy) is 2. The molecule has 1 unspecified atom stereocenters. The van der Waals surface area contributed by atoms with Crippen LogP contribution in [-0.2, 0) is 15.9 Å². The van der Waals surface area contributed by atoms with Crippen molar-refractivity contribution in [3.63, 3.8) is 0 Å². The summed E-state index contributed by atoms with van der Waals surface area (Å²) in [5, 5.41) is 7.40. The van der Waals surface area contributed by atoms with E-state index < -0.39 is 0 Å². The predicted octanol–water partition coefficient (Wildman–Crippen LogP) is 3.25. The smallest absolute Gasteiger partial charge is 0.190 e. The lowest BCUT2D eigenvalue weighted by Gasteiger charge is -2.13. The highest BCUT2D eigenvalue weighted by atomic mass is 127. The molecule has 1 aromatic carbocycles. The second-order valence-electron chi connectivity index (χ2n) is 5.83. The zero-order valence-electron chi connectivity index (χ0n) is 14.8. The number of benzene rings is 1. The van der Waals surface area contributed by atoms with Crippen LogP contribution in [0.4, 0.5) is 0 Å². The van der Waals surface area contributed by atoms with Crippen LogP contribution < -0.4 is 10.6 Å². The molecule has 142 valence electrons. The van der Waals surface area contributed by atoms with Crippen LogP contribution in [0.3, 0.4) is 0 Å². The van der Waals surface area contributed by atoms with Gasteiger partial charge >= 0.3 is 0 Å². The second-order valence-corrected chi connectivity index (χ2v) is 6.24. The molecular formula is C18H29ClIN3O2. The molecule has 1 heterocycles. The summed E-state index contributed by atoms with van der Waals surface area (Å²) in [6.45, 7) is 3.95. The summed E-state index contributed by atoms with van der Waals surface area (Å²) in [6, 6.07) is 7.91. The first-order valence-corrected chi connectivity index (χ1v) is 9.04. The van der Waals surface area contributed by atoms with Gasteiger partial charge in [-0.2, -0.15) is 0 Å². The number of halogens is 2. The van der Waals surface area contributed by atoms with Crippen LogP contribution in [0.2, 0.25) is 5.02 Å². The number of rotatable bonds is 9. The van der Waals surface area contributed by atoms with Gasteiger partial charge in [-0.15, -0.1) is 24.0 Å². The maximum absolute atomic E-state index is 6.16. The molecule has 0 aromatic heterocycles. The van der Waals surface area contributed by atoms with Crippen molar-refractivity contribution in [1.29, 1.82) is 0 Å². The Balaban J connectivity index is 0.00000312. The van der Waals surface area contributed by atoms with E-state index in [1.807, 2.05) is 24.3 Å². The van der Waals surface area contributed by atoms with Gasteiger partial charge in [0.05, 0.1) is 12.7 Å². The minimum absolute atomic E-state index is 0. The van der Waals surface area contributed by atoms with Crippen molar-refractivity contribution in [3.05, 3.63) is 34.9 Å². The lowest BCUT2D eigenvalue weighted by Crippen LogP contribution is -2.39. The zero-order chi connectivity index (χ0) is 17.0. The van der Waals surface area contributed by atoms with Crippen LogP contribution in [0.25, 0.3) is 0 Å². The zero-order valence-corrected chi connectivity index (χ0v) is 17.9. The molecule has 1 aliphatic rings. The molecule has 2 N–H and O–H groups in total. The molecule has 0 bridgehead atoms. The summed E-state index contributed by atoms with van der Waals surface area (Å²) in [6.07, 6.45) is 4.40. The van der Waals surface area contributed by atoms with Gasteiger partial charge in [0.2, 0.25) is 0 Å². The lowest BCUT2D eigenvalue weighted by molar-refractivity contribution is 0.0168. The summed E-state index contributed by atoms with van der Waals surface area (Å²) in [5.41, 5.74) is 1.14. The Morgan fingerprint density at radius 3 is 2.84 bits per heavy atom. The average Bonchev–Trinajstić information content (AvgIpc) is 3.11. The van der Waals surface area contributed by atoms with Gasteiger partial charge < -0.3 is 20.1 Å². The highest BCUT2D eigenvalue weighted by Gasteiger charge is 2.14. The summed E-state index contributed by atoms with van der Waals surface area (Å²) >= 11 is 6.16. The van der Waals surface area contributed by atoms with E-state index in [1.165, 1.54) is 0 Å². The van der Waals surface area contributed by atoms with Gasteiger partial charge in [0.15, 0.2) is 5.96 Å². The molecule has 7 heteroatoms. The van der Waals surface area contributed by atoms with Crippen molar-refractivity contribution in [2.24, 2.45) is 4.99 Å². The van der Waals surface area contributed by atoms with Gasteiger partial charge in [0.25, 0.3) is 0 Å². The first kappa shape index (κ1) is 22.5. The summed E-state index contributed by atoms with van der Waals surface area (Å²) in [4.78, 5) is 4.22. The maximum Gasteiger partial charge on any atom is 0.190 e. The molecule has 1 aromatic rings. The number of nitrogens with one attached hydrogen (secondary N) is 2. The van der Waals surface area contributed by atoms with E-state index >= 15 is 0 Å². The highest BCUT2D eigenvalue weighted by Crippen LogP contribution is 2.14. The summed E-state index contributed by atoms with van der Waals surface area (Å²) < 4.78 is 11.2. The van der Waals surface area contributed by atoms with Crippen molar-refractivity contribution in [2.75, 3.05) is 40.0 Å². The molecule has 1 fully saturated rings. The molecule has 1 aliphatic heterocycles. The molecular weight excluding hydrogens is 453 g/mol. The van der Waals surface area contributed by atoms with Gasteiger partial charge in [-0.3, -0.25) is 4.99 Å². The molecule has 0 amide bonds. The van der Waals surface area contributed by atoms with Crippen LogP contribution in [0, 0.1) is 0 Å². The van der Waals surface area contributed by atoms with Gasteiger partial charge in [-0.25, -0.2) is 0 Å². The number of aliphatic imine (C=N–C) groups is 1. The third-order valence-electron chi connectivity index (χ3n) is 3.95. The molecule has 1 atom stereocenters. The molecule has 5 nitrogen and oxygen atoms in total. The second kappa shape index (κ2) is 13.6. The molecule has 0 spiro atoms. The SMILES string of the molecule is CN=C(NCCCOCC1CCCO1)NCCc1ccccc1Cl.I. The van der Waals surface area contributed by atoms with Crippen LogP contribution in [0.1, 0.15) is 24.8 Å². The Hall–Kier alpha value is -0.570. The van der Waals surface area contributed by atoms with E-state index in [-0.39, 0.29) is 24.0 Å². The van der Waals surface area contributed by atoms with Crippen molar-refractivity contribution in [1.82, 2.24) is 10.6 Å². The topological polar surface area (TPSA) is 54.9 Å². The molecule has 1 saturated heterocycles. The molecule has 0 aliphatic carbocycles. The predicted molar refractivity (Wildman–Crippen MR) is 114 cm³/mol. The molecule has 2 rings (SSSR count). The average molecular weight is 482 g/mol. The van der Waals surface area contributed by atoms with E-state index in [0.29, 0.717) is 12.7 Å². The molecule has 25 heavy (non-hydrogen) atoms. The van der Waals surface area contributed by atoms with Crippen LogP contribution in [0.15, 0.2) is 29.3 Å². The minimum atomic E-state index is 0. The standard InChI is InChI=1S/C18H28ClN3O2.HI/c1-20-18(22-11-9-15-6-2-3-8-17(15)19)21-10-5-12-23-14-16-7-4-13-24-16;/h2-3,6,8,16H,4-5,7,9-14H2,1H3,(H2,20,21,22);1H. The fourth-order valence-corrected chi connectivity index (χ4v) is 2.84. The Morgan fingerprint density at radius 2 is 2.12 bits per heavy atom. The monoisotopic (exact) mass is 481 g/mol. The fourth-order valence-electron chi connectivity index (χ4n) is 2.61. The number of hydrogen-bond acceptors (Lipinski definition) is 3. The third kappa shape index (κ3) is 9.08. The normalized spacial score (nSPS) is 17.2.